The van der Waals surface area contributed by atoms with Crippen molar-refractivity contribution < 1.29 is 18.3 Å². The molecule has 0 aliphatic heterocycles. The van der Waals surface area contributed by atoms with Gasteiger partial charge in [0.25, 0.3) is 0 Å². The van der Waals surface area contributed by atoms with Crippen LogP contribution in [0.15, 0.2) is 29.7 Å². The smallest absolute Gasteiger partial charge is 0.303 e. The Morgan fingerprint density at radius 2 is 2.00 bits per heavy atom. The van der Waals surface area contributed by atoms with E-state index in [0.29, 0.717) is 10.6 Å². The zero-order valence-corrected chi connectivity index (χ0v) is 12.5. The number of carbonyl (C=O) groups is 1. The first-order valence-corrected chi connectivity index (χ1v) is 7.86. The molecule has 1 aromatic carbocycles. The molecular formula is C13H16ClNO4S. The molecule has 1 aromatic rings. The van der Waals surface area contributed by atoms with Gasteiger partial charge in [-0.2, -0.15) is 0 Å². The van der Waals surface area contributed by atoms with Crippen molar-refractivity contribution in [1.82, 2.24) is 4.72 Å². The lowest BCUT2D eigenvalue weighted by atomic mass is 10.1. The summed E-state index contributed by atoms with van der Waals surface area (Å²) in [4.78, 5) is 10.5. The lowest BCUT2D eigenvalue weighted by Gasteiger charge is -2.08. The van der Waals surface area contributed by atoms with Crippen LogP contribution in [-0.2, 0) is 14.8 Å². The SMILES string of the molecule is CC(CNS(=O)(=O)/C=C/c1ccc(Cl)cc1)CC(=O)O. The van der Waals surface area contributed by atoms with Gasteiger partial charge in [-0.25, -0.2) is 13.1 Å². The van der Waals surface area contributed by atoms with Gasteiger partial charge in [-0.15, -0.1) is 0 Å². The van der Waals surface area contributed by atoms with E-state index >= 15 is 0 Å². The Bertz CT molecular complexity index is 581. The van der Waals surface area contributed by atoms with E-state index in [1.165, 1.54) is 6.08 Å². The Morgan fingerprint density at radius 3 is 2.55 bits per heavy atom. The first-order chi connectivity index (χ1) is 9.28. The van der Waals surface area contributed by atoms with Crippen molar-refractivity contribution in [2.24, 2.45) is 5.92 Å². The van der Waals surface area contributed by atoms with Gasteiger partial charge in [-0.1, -0.05) is 30.7 Å². The number of hydrogen-bond donors (Lipinski definition) is 2. The number of halogens is 1. The van der Waals surface area contributed by atoms with Crippen molar-refractivity contribution in [2.75, 3.05) is 6.54 Å². The molecule has 7 heteroatoms. The Labute approximate surface area is 123 Å². The van der Waals surface area contributed by atoms with Crippen LogP contribution < -0.4 is 4.72 Å². The topological polar surface area (TPSA) is 83.5 Å². The van der Waals surface area contributed by atoms with E-state index in [1.807, 2.05) is 0 Å². The third-order valence-electron chi connectivity index (χ3n) is 2.47. The van der Waals surface area contributed by atoms with E-state index in [0.717, 1.165) is 5.41 Å². The molecule has 0 radical (unpaired) electrons. The lowest BCUT2D eigenvalue weighted by Crippen LogP contribution is -2.27. The predicted octanol–water partition coefficient (Wildman–Crippen LogP) is 2.34. The number of sulfonamides is 1. The highest BCUT2D eigenvalue weighted by Crippen LogP contribution is 2.11. The highest BCUT2D eigenvalue weighted by atomic mass is 35.5. The van der Waals surface area contributed by atoms with Crippen LogP contribution in [0.2, 0.25) is 5.02 Å². The summed E-state index contributed by atoms with van der Waals surface area (Å²) in [6.07, 6.45) is 1.37. The monoisotopic (exact) mass is 317 g/mol. The average molecular weight is 318 g/mol. The molecule has 1 rings (SSSR count). The third kappa shape index (κ3) is 6.70. The maximum absolute atomic E-state index is 11.7. The van der Waals surface area contributed by atoms with Crippen LogP contribution in [0, 0.1) is 5.92 Å². The van der Waals surface area contributed by atoms with Crippen LogP contribution in [-0.4, -0.2) is 26.0 Å². The number of carboxylic acids is 1. The normalized spacial score (nSPS) is 13.5. The summed E-state index contributed by atoms with van der Waals surface area (Å²) in [5.74, 6) is -1.22. The largest absolute Gasteiger partial charge is 0.481 e. The second-order valence-corrected chi connectivity index (χ2v) is 6.54. The molecule has 0 aromatic heterocycles. The van der Waals surface area contributed by atoms with Crippen LogP contribution in [0.3, 0.4) is 0 Å². The van der Waals surface area contributed by atoms with Gasteiger partial charge in [0.1, 0.15) is 0 Å². The van der Waals surface area contributed by atoms with Gasteiger partial charge in [-0.3, -0.25) is 4.79 Å². The number of hydrogen-bond acceptors (Lipinski definition) is 3. The molecule has 0 bridgehead atoms. The molecule has 0 saturated heterocycles. The molecule has 2 N–H and O–H groups in total. The van der Waals surface area contributed by atoms with E-state index in [-0.39, 0.29) is 18.9 Å². The second-order valence-electron chi connectivity index (χ2n) is 4.45. The van der Waals surface area contributed by atoms with E-state index in [1.54, 1.807) is 31.2 Å². The maximum Gasteiger partial charge on any atom is 0.303 e. The third-order valence-corrected chi connectivity index (χ3v) is 3.78. The second kappa shape index (κ2) is 7.42. The van der Waals surface area contributed by atoms with Crippen molar-refractivity contribution in [3.63, 3.8) is 0 Å². The van der Waals surface area contributed by atoms with Gasteiger partial charge >= 0.3 is 5.97 Å². The van der Waals surface area contributed by atoms with Crippen LogP contribution in [0.25, 0.3) is 6.08 Å². The van der Waals surface area contributed by atoms with E-state index in [9.17, 15) is 13.2 Å². The maximum atomic E-state index is 11.7. The zero-order valence-electron chi connectivity index (χ0n) is 10.9. The molecule has 5 nitrogen and oxygen atoms in total. The Morgan fingerprint density at radius 1 is 1.40 bits per heavy atom. The highest BCUT2D eigenvalue weighted by molar-refractivity contribution is 7.92. The fourth-order valence-corrected chi connectivity index (χ4v) is 2.49. The first kappa shape index (κ1) is 16.7. The van der Waals surface area contributed by atoms with E-state index in [2.05, 4.69) is 4.72 Å². The first-order valence-electron chi connectivity index (χ1n) is 5.93. The van der Waals surface area contributed by atoms with Crippen LogP contribution in [0.1, 0.15) is 18.9 Å². The Balaban J connectivity index is 2.57. The molecule has 1 unspecified atom stereocenters. The average Bonchev–Trinajstić information content (AvgIpc) is 2.35. The fourth-order valence-electron chi connectivity index (χ4n) is 1.42. The van der Waals surface area contributed by atoms with Gasteiger partial charge in [0, 0.05) is 23.4 Å². The molecule has 0 saturated carbocycles. The molecule has 110 valence electrons. The van der Waals surface area contributed by atoms with Crippen LogP contribution in [0.5, 0.6) is 0 Å². The molecule has 0 aliphatic carbocycles. The summed E-state index contributed by atoms with van der Waals surface area (Å²) in [7, 11) is -3.58. The number of benzene rings is 1. The van der Waals surface area contributed by atoms with E-state index < -0.39 is 16.0 Å². The van der Waals surface area contributed by atoms with Crippen molar-refractivity contribution in [1.29, 1.82) is 0 Å². The van der Waals surface area contributed by atoms with Crippen molar-refractivity contribution >= 4 is 33.7 Å². The minimum atomic E-state index is -3.58. The zero-order chi connectivity index (χ0) is 15.2. The van der Waals surface area contributed by atoms with Crippen molar-refractivity contribution in [2.45, 2.75) is 13.3 Å². The number of rotatable bonds is 7. The molecule has 0 fully saturated rings. The van der Waals surface area contributed by atoms with Crippen LogP contribution in [0.4, 0.5) is 0 Å². The molecular weight excluding hydrogens is 302 g/mol. The van der Waals surface area contributed by atoms with Crippen molar-refractivity contribution in [3.8, 4) is 0 Å². The Hall–Kier alpha value is -1.37. The molecule has 0 spiro atoms. The van der Waals surface area contributed by atoms with E-state index in [4.69, 9.17) is 16.7 Å². The summed E-state index contributed by atoms with van der Waals surface area (Å²) in [5.41, 5.74) is 0.707. The Kier molecular flexibility index (Phi) is 6.19. The lowest BCUT2D eigenvalue weighted by molar-refractivity contribution is -0.137. The standard InChI is InChI=1S/C13H16ClNO4S/c1-10(8-13(16)17)9-15-20(18,19)7-6-11-2-4-12(14)5-3-11/h2-7,10,15H,8-9H2,1H3,(H,16,17)/b7-6+. The molecule has 0 heterocycles. The molecule has 0 aliphatic rings. The summed E-state index contributed by atoms with van der Waals surface area (Å²) >= 11 is 5.73. The van der Waals surface area contributed by atoms with Crippen LogP contribution >= 0.6 is 11.6 Å². The van der Waals surface area contributed by atoms with Crippen molar-refractivity contribution in [3.05, 3.63) is 40.3 Å². The molecule has 20 heavy (non-hydrogen) atoms. The van der Waals surface area contributed by atoms with Gasteiger partial charge < -0.3 is 5.11 Å². The highest BCUT2D eigenvalue weighted by Gasteiger charge is 2.11. The predicted molar refractivity (Wildman–Crippen MR) is 78.8 cm³/mol. The quantitative estimate of drug-likeness (QED) is 0.808. The summed E-state index contributed by atoms with van der Waals surface area (Å²) in [6, 6.07) is 6.72. The summed E-state index contributed by atoms with van der Waals surface area (Å²) < 4.78 is 25.7. The molecule has 0 amide bonds. The molecule has 1 atom stereocenters. The fraction of sp³-hybridized carbons (Fsp3) is 0.308. The summed E-state index contributed by atoms with van der Waals surface area (Å²) in [6.45, 7) is 1.75. The number of carboxylic acid groups (broad SMARTS) is 1. The van der Waals surface area contributed by atoms with Gasteiger partial charge in [-0.05, 0) is 29.7 Å². The number of nitrogens with one attached hydrogen (secondary N) is 1. The summed E-state index contributed by atoms with van der Waals surface area (Å²) in [5, 5.41) is 10.2. The van der Waals surface area contributed by atoms with Gasteiger partial charge in [0.2, 0.25) is 10.0 Å². The number of aliphatic carboxylic acids is 1. The van der Waals surface area contributed by atoms with Gasteiger partial charge in [0.15, 0.2) is 0 Å². The van der Waals surface area contributed by atoms with Gasteiger partial charge in [0.05, 0.1) is 0 Å². The minimum absolute atomic E-state index is 0.0799. The minimum Gasteiger partial charge on any atom is -0.481 e.